The van der Waals surface area contributed by atoms with Gasteiger partial charge in [0.25, 0.3) is 0 Å². The van der Waals surface area contributed by atoms with E-state index in [-0.39, 0.29) is 11.8 Å². The van der Waals surface area contributed by atoms with Crippen LogP contribution in [-0.2, 0) is 9.84 Å². The highest BCUT2D eigenvalue weighted by molar-refractivity contribution is 7.91. The average molecular weight is 257 g/mol. The van der Waals surface area contributed by atoms with Crippen LogP contribution in [0.4, 0.5) is 0 Å². The molecule has 4 nitrogen and oxygen atoms in total. The SMILES string of the molecule is Cc1cc(C(=O)CS(C)(=O)=O)c(C)n1C(C)C. The smallest absolute Gasteiger partial charge is 0.179 e. The standard InChI is InChI=1S/C12H19NO3S/c1-8(2)13-9(3)6-11(10(13)4)12(14)7-17(5,15)16/h6,8H,7H2,1-5H3. The van der Waals surface area contributed by atoms with Gasteiger partial charge in [0.05, 0.1) is 0 Å². The summed E-state index contributed by atoms with van der Waals surface area (Å²) in [5.74, 6) is -0.748. The molecule has 0 saturated heterocycles. The maximum Gasteiger partial charge on any atom is 0.179 e. The second-order valence-electron chi connectivity index (χ2n) is 4.74. The first-order chi connectivity index (χ1) is 7.63. The van der Waals surface area contributed by atoms with Gasteiger partial charge in [0, 0.05) is 29.2 Å². The van der Waals surface area contributed by atoms with Gasteiger partial charge < -0.3 is 4.57 Å². The number of hydrogen-bond donors (Lipinski definition) is 0. The Morgan fingerprint density at radius 2 is 1.88 bits per heavy atom. The van der Waals surface area contributed by atoms with Crippen molar-refractivity contribution in [3.63, 3.8) is 0 Å². The van der Waals surface area contributed by atoms with Crippen LogP contribution < -0.4 is 0 Å². The lowest BCUT2D eigenvalue weighted by atomic mass is 10.2. The van der Waals surface area contributed by atoms with E-state index in [1.807, 2.05) is 32.3 Å². The predicted octanol–water partition coefficient (Wildman–Crippen LogP) is 1.91. The third-order valence-electron chi connectivity index (χ3n) is 2.69. The van der Waals surface area contributed by atoms with Crippen LogP contribution in [0.15, 0.2) is 6.07 Å². The summed E-state index contributed by atoms with van der Waals surface area (Å²) in [5.41, 5.74) is 2.34. The normalized spacial score (nSPS) is 12.1. The van der Waals surface area contributed by atoms with Crippen LogP contribution in [0.1, 0.15) is 41.6 Å². The largest absolute Gasteiger partial charge is 0.346 e. The molecule has 0 aliphatic rings. The molecule has 5 heteroatoms. The van der Waals surface area contributed by atoms with E-state index < -0.39 is 15.6 Å². The molecule has 1 rings (SSSR count). The second kappa shape index (κ2) is 4.64. The lowest BCUT2D eigenvalue weighted by Gasteiger charge is -2.13. The molecule has 0 spiro atoms. The van der Waals surface area contributed by atoms with Gasteiger partial charge in [0.15, 0.2) is 15.6 Å². The lowest BCUT2D eigenvalue weighted by Crippen LogP contribution is -2.15. The molecule has 1 aromatic heterocycles. The van der Waals surface area contributed by atoms with Crippen molar-refractivity contribution in [1.29, 1.82) is 0 Å². The fourth-order valence-corrected chi connectivity index (χ4v) is 2.80. The maximum atomic E-state index is 11.9. The van der Waals surface area contributed by atoms with Gasteiger partial charge in [-0.2, -0.15) is 0 Å². The Balaban J connectivity index is 3.17. The van der Waals surface area contributed by atoms with Gasteiger partial charge in [0.2, 0.25) is 0 Å². The zero-order chi connectivity index (χ0) is 13.4. The summed E-state index contributed by atoms with van der Waals surface area (Å²) in [7, 11) is -3.27. The monoisotopic (exact) mass is 257 g/mol. The number of aromatic nitrogens is 1. The highest BCUT2D eigenvalue weighted by atomic mass is 32.2. The molecule has 0 amide bonds. The fourth-order valence-electron chi connectivity index (χ4n) is 2.17. The molecular formula is C12H19NO3S. The molecule has 0 N–H and O–H groups in total. The van der Waals surface area contributed by atoms with Crippen molar-refractivity contribution in [2.45, 2.75) is 33.7 Å². The molecule has 0 aliphatic carbocycles. The van der Waals surface area contributed by atoms with E-state index in [1.165, 1.54) is 0 Å². The number of rotatable bonds is 4. The summed E-state index contributed by atoms with van der Waals surface area (Å²) in [6.07, 6.45) is 1.08. The van der Waals surface area contributed by atoms with Gasteiger partial charge >= 0.3 is 0 Å². The minimum absolute atomic E-state index is 0.259. The van der Waals surface area contributed by atoms with Crippen molar-refractivity contribution in [2.75, 3.05) is 12.0 Å². The van der Waals surface area contributed by atoms with Gasteiger partial charge in [-0.05, 0) is 33.8 Å². The summed E-state index contributed by atoms with van der Waals surface area (Å²) in [6.45, 7) is 7.84. The number of hydrogen-bond acceptors (Lipinski definition) is 3. The molecule has 0 bridgehead atoms. The molecule has 0 fully saturated rings. The Bertz CT molecular complexity index is 538. The molecular weight excluding hydrogens is 238 g/mol. The van der Waals surface area contributed by atoms with Crippen LogP contribution >= 0.6 is 0 Å². The Morgan fingerprint density at radius 3 is 2.24 bits per heavy atom. The number of Topliss-reactive ketones (excluding diaryl/α,β-unsaturated/α-hetero) is 1. The molecule has 96 valence electrons. The van der Waals surface area contributed by atoms with Crippen LogP contribution in [0.2, 0.25) is 0 Å². The summed E-state index contributed by atoms with van der Waals surface area (Å²) < 4.78 is 24.3. The zero-order valence-electron chi connectivity index (χ0n) is 10.9. The molecule has 0 saturated carbocycles. The van der Waals surface area contributed by atoms with Crippen LogP contribution in [-0.4, -0.2) is 30.8 Å². The van der Waals surface area contributed by atoms with Gasteiger partial charge in [-0.15, -0.1) is 0 Å². The van der Waals surface area contributed by atoms with Crippen molar-refractivity contribution >= 4 is 15.6 Å². The average Bonchev–Trinajstić information content (AvgIpc) is 2.38. The molecule has 0 radical (unpaired) electrons. The van der Waals surface area contributed by atoms with E-state index in [0.29, 0.717) is 5.56 Å². The number of aryl methyl sites for hydroxylation is 1. The Kier molecular flexibility index (Phi) is 3.81. The number of carbonyl (C=O) groups excluding carboxylic acids is 1. The van der Waals surface area contributed by atoms with E-state index in [4.69, 9.17) is 0 Å². The quantitative estimate of drug-likeness (QED) is 0.774. The second-order valence-corrected chi connectivity index (χ2v) is 6.88. The van der Waals surface area contributed by atoms with Crippen LogP contribution in [0.5, 0.6) is 0 Å². The minimum atomic E-state index is -3.27. The molecule has 0 aliphatic heterocycles. The number of nitrogens with zero attached hydrogens (tertiary/aromatic N) is 1. The van der Waals surface area contributed by atoms with E-state index in [2.05, 4.69) is 0 Å². The van der Waals surface area contributed by atoms with Gasteiger partial charge in [0.1, 0.15) is 5.75 Å². The Hall–Kier alpha value is -1.10. The van der Waals surface area contributed by atoms with Crippen LogP contribution in [0.3, 0.4) is 0 Å². The molecule has 1 aromatic rings. The third kappa shape index (κ3) is 3.19. The zero-order valence-corrected chi connectivity index (χ0v) is 11.8. The summed E-state index contributed by atoms with van der Waals surface area (Å²) in [6, 6.07) is 2.03. The molecule has 0 atom stereocenters. The topological polar surface area (TPSA) is 56.1 Å². The van der Waals surface area contributed by atoms with E-state index in [9.17, 15) is 13.2 Å². The fraction of sp³-hybridized carbons (Fsp3) is 0.583. The first kappa shape index (κ1) is 14.0. The van der Waals surface area contributed by atoms with Crippen molar-refractivity contribution < 1.29 is 13.2 Å². The van der Waals surface area contributed by atoms with Gasteiger partial charge in [-0.25, -0.2) is 8.42 Å². The first-order valence-corrected chi connectivity index (χ1v) is 7.59. The number of carbonyl (C=O) groups is 1. The summed E-state index contributed by atoms with van der Waals surface area (Å²) in [5, 5.41) is 0. The molecule has 0 aromatic carbocycles. The highest BCUT2D eigenvalue weighted by Crippen LogP contribution is 2.20. The highest BCUT2D eigenvalue weighted by Gasteiger charge is 2.20. The van der Waals surface area contributed by atoms with Crippen LogP contribution in [0.25, 0.3) is 0 Å². The van der Waals surface area contributed by atoms with E-state index in [0.717, 1.165) is 17.6 Å². The van der Waals surface area contributed by atoms with E-state index in [1.54, 1.807) is 6.07 Å². The number of sulfone groups is 1. The molecule has 1 heterocycles. The van der Waals surface area contributed by atoms with Crippen molar-refractivity contribution in [3.8, 4) is 0 Å². The van der Waals surface area contributed by atoms with Crippen molar-refractivity contribution in [3.05, 3.63) is 23.0 Å². The Labute approximate surface area is 103 Å². The maximum absolute atomic E-state index is 11.9. The summed E-state index contributed by atoms with van der Waals surface area (Å²) in [4.78, 5) is 11.9. The predicted molar refractivity (Wildman–Crippen MR) is 68.3 cm³/mol. The first-order valence-electron chi connectivity index (χ1n) is 5.53. The third-order valence-corrected chi connectivity index (χ3v) is 3.48. The van der Waals surface area contributed by atoms with E-state index >= 15 is 0 Å². The minimum Gasteiger partial charge on any atom is -0.346 e. The Morgan fingerprint density at radius 1 is 1.35 bits per heavy atom. The molecule has 17 heavy (non-hydrogen) atoms. The van der Waals surface area contributed by atoms with Crippen molar-refractivity contribution in [1.82, 2.24) is 4.57 Å². The number of ketones is 1. The van der Waals surface area contributed by atoms with Gasteiger partial charge in [-0.1, -0.05) is 0 Å². The van der Waals surface area contributed by atoms with Crippen molar-refractivity contribution in [2.24, 2.45) is 0 Å². The molecule has 0 unspecified atom stereocenters. The lowest BCUT2D eigenvalue weighted by molar-refractivity contribution is 0.102. The van der Waals surface area contributed by atoms with Crippen LogP contribution in [0, 0.1) is 13.8 Å². The van der Waals surface area contributed by atoms with Gasteiger partial charge in [-0.3, -0.25) is 4.79 Å². The summed E-state index contributed by atoms with van der Waals surface area (Å²) >= 11 is 0.